The van der Waals surface area contributed by atoms with Gasteiger partial charge in [0.2, 0.25) is 0 Å². The number of nitrogens with one attached hydrogen (secondary N) is 1. The molecule has 0 saturated carbocycles. The van der Waals surface area contributed by atoms with E-state index >= 15 is 0 Å². The maximum absolute atomic E-state index is 13.9. The summed E-state index contributed by atoms with van der Waals surface area (Å²) in [5.41, 5.74) is 5.21. The second kappa shape index (κ2) is 11.5. The van der Waals surface area contributed by atoms with Gasteiger partial charge in [-0.3, -0.25) is 14.7 Å². The molecule has 0 aliphatic heterocycles. The number of nitrogens with zero attached hydrogens (tertiary/aromatic N) is 6. The van der Waals surface area contributed by atoms with Gasteiger partial charge >= 0.3 is 0 Å². The highest BCUT2D eigenvalue weighted by Gasteiger charge is 2.31. The molecule has 0 saturated heterocycles. The molecule has 0 bridgehead atoms. The van der Waals surface area contributed by atoms with Crippen molar-refractivity contribution < 1.29 is 4.42 Å². The van der Waals surface area contributed by atoms with Crippen molar-refractivity contribution in [1.29, 1.82) is 0 Å². The first-order chi connectivity index (χ1) is 20.0. The maximum Gasteiger partial charge on any atom is 0.253 e. The summed E-state index contributed by atoms with van der Waals surface area (Å²) in [6, 6.07) is 20.7. The second-order valence-electron chi connectivity index (χ2n) is 10.1. The molecule has 0 unspecified atom stereocenters. The molecule has 0 aliphatic carbocycles. The molecular weight excluding hydrogens is 538 g/mol. The topological polar surface area (TPSA) is 106 Å². The quantitative estimate of drug-likeness (QED) is 0.243. The average molecular weight is 566 g/mol. The predicted molar refractivity (Wildman–Crippen MR) is 156 cm³/mol. The summed E-state index contributed by atoms with van der Waals surface area (Å²) in [6.45, 7) is 5.29. The second-order valence-corrected chi connectivity index (χ2v) is 10.5. The van der Waals surface area contributed by atoms with Gasteiger partial charge in [0.1, 0.15) is 18.3 Å². The molecule has 0 spiro atoms. The molecule has 10 heteroatoms. The van der Waals surface area contributed by atoms with Gasteiger partial charge in [-0.1, -0.05) is 35.9 Å². The van der Waals surface area contributed by atoms with Crippen LogP contribution in [0.15, 0.2) is 94.6 Å². The molecule has 4 aromatic heterocycles. The first-order valence-corrected chi connectivity index (χ1v) is 13.6. The van der Waals surface area contributed by atoms with Crippen molar-refractivity contribution in [2.75, 3.05) is 0 Å². The lowest BCUT2D eigenvalue weighted by Crippen LogP contribution is -2.35. The Kier molecular flexibility index (Phi) is 7.45. The van der Waals surface area contributed by atoms with Crippen LogP contribution >= 0.6 is 11.6 Å². The monoisotopic (exact) mass is 565 g/mol. The van der Waals surface area contributed by atoms with Gasteiger partial charge in [0.15, 0.2) is 5.82 Å². The summed E-state index contributed by atoms with van der Waals surface area (Å²) in [5, 5.41) is 14.3. The fourth-order valence-electron chi connectivity index (χ4n) is 5.08. The van der Waals surface area contributed by atoms with E-state index in [2.05, 4.69) is 43.4 Å². The predicted octanol–water partition coefficient (Wildman–Crippen LogP) is 5.61. The van der Waals surface area contributed by atoms with Gasteiger partial charge in [-0.05, 0) is 94.4 Å². The summed E-state index contributed by atoms with van der Waals surface area (Å²) in [6.07, 6.45) is 5.17. The number of benzene rings is 2. The zero-order valence-corrected chi connectivity index (χ0v) is 23.4. The van der Waals surface area contributed by atoms with E-state index in [9.17, 15) is 4.79 Å². The SMILES string of the molecule is Cc1cc2cc([C@@H](c3nnnn3Cc3ccco3)N(Cc3cccnc3)Cc3ccccc3Cl)c(=O)[nH]c2cc1C. The van der Waals surface area contributed by atoms with E-state index in [-0.39, 0.29) is 5.56 Å². The van der Waals surface area contributed by atoms with Crippen LogP contribution in [0, 0.1) is 13.8 Å². The summed E-state index contributed by atoms with van der Waals surface area (Å²) in [5.74, 6) is 1.20. The third-order valence-corrected chi connectivity index (χ3v) is 7.65. The first-order valence-electron chi connectivity index (χ1n) is 13.3. The molecule has 41 heavy (non-hydrogen) atoms. The number of pyridine rings is 2. The number of H-pyrrole nitrogens is 1. The fourth-order valence-corrected chi connectivity index (χ4v) is 5.27. The number of halogens is 1. The Labute approximate surface area is 241 Å². The van der Waals surface area contributed by atoms with Gasteiger partial charge in [-0.15, -0.1) is 5.10 Å². The lowest BCUT2D eigenvalue weighted by Gasteiger charge is -2.31. The van der Waals surface area contributed by atoms with Gasteiger partial charge in [-0.2, -0.15) is 0 Å². The van der Waals surface area contributed by atoms with Crippen LogP contribution < -0.4 is 5.56 Å². The molecule has 4 heterocycles. The largest absolute Gasteiger partial charge is 0.467 e. The summed E-state index contributed by atoms with van der Waals surface area (Å²) in [7, 11) is 0. The van der Waals surface area contributed by atoms with E-state index in [0.717, 1.165) is 33.2 Å². The Balaban J connectivity index is 1.55. The standard InChI is InChI=1S/C31H28ClN7O2/c1-20-13-24-15-26(31(40)34-28(24)14-21(20)2)29(30-35-36-37-39(30)19-25-9-6-12-41-25)38(17-22-7-5-11-33-16-22)18-23-8-3-4-10-27(23)32/h3-16,29H,17-19H2,1-2H3,(H,34,40)/t29-/m0/s1. The fraction of sp³-hybridized carbons (Fsp3) is 0.194. The maximum atomic E-state index is 13.9. The van der Waals surface area contributed by atoms with Crippen LogP contribution in [0.1, 0.15) is 45.4 Å². The minimum absolute atomic E-state index is 0.214. The van der Waals surface area contributed by atoms with E-state index in [4.69, 9.17) is 16.0 Å². The van der Waals surface area contributed by atoms with Gasteiger partial charge in [0.25, 0.3) is 5.56 Å². The van der Waals surface area contributed by atoms with Gasteiger partial charge in [-0.25, -0.2) is 4.68 Å². The van der Waals surface area contributed by atoms with Crippen LogP contribution in [0.3, 0.4) is 0 Å². The third kappa shape index (κ3) is 5.68. The lowest BCUT2D eigenvalue weighted by molar-refractivity contribution is 0.193. The zero-order valence-electron chi connectivity index (χ0n) is 22.7. The highest BCUT2D eigenvalue weighted by molar-refractivity contribution is 6.31. The van der Waals surface area contributed by atoms with Gasteiger partial charge < -0.3 is 9.40 Å². The molecule has 206 valence electrons. The van der Waals surface area contributed by atoms with Crippen LogP contribution in [-0.4, -0.2) is 35.1 Å². The number of aryl methyl sites for hydroxylation is 2. The minimum atomic E-state index is -0.633. The van der Waals surface area contributed by atoms with E-state index in [1.54, 1.807) is 17.1 Å². The molecule has 6 rings (SSSR count). The van der Waals surface area contributed by atoms with Crippen molar-refractivity contribution in [2.24, 2.45) is 0 Å². The molecule has 2 aromatic carbocycles. The van der Waals surface area contributed by atoms with Crippen molar-refractivity contribution in [1.82, 2.24) is 35.1 Å². The molecule has 0 fully saturated rings. The van der Waals surface area contributed by atoms with Crippen LogP contribution in [0.2, 0.25) is 5.02 Å². The minimum Gasteiger partial charge on any atom is -0.467 e. The van der Waals surface area contributed by atoms with Crippen molar-refractivity contribution in [3.8, 4) is 0 Å². The number of aromatic nitrogens is 6. The van der Waals surface area contributed by atoms with E-state index in [0.29, 0.717) is 41.8 Å². The average Bonchev–Trinajstić information content (AvgIpc) is 3.65. The number of aromatic amines is 1. The summed E-state index contributed by atoms with van der Waals surface area (Å²) in [4.78, 5) is 23.4. The number of rotatable bonds is 9. The number of hydrogen-bond acceptors (Lipinski definition) is 7. The van der Waals surface area contributed by atoms with Crippen LogP contribution in [0.25, 0.3) is 10.9 Å². The van der Waals surface area contributed by atoms with Crippen molar-refractivity contribution in [2.45, 2.75) is 39.5 Å². The van der Waals surface area contributed by atoms with Crippen LogP contribution in [-0.2, 0) is 19.6 Å². The lowest BCUT2D eigenvalue weighted by atomic mass is 9.99. The van der Waals surface area contributed by atoms with Crippen molar-refractivity contribution in [3.05, 3.63) is 140 Å². The molecule has 1 N–H and O–H groups in total. The molecular formula is C31H28ClN7O2. The number of fused-ring (bicyclic) bond motifs is 1. The van der Waals surface area contributed by atoms with Crippen molar-refractivity contribution in [3.63, 3.8) is 0 Å². The Morgan fingerprint density at radius 2 is 1.88 bits per heavy atom. The number of hydrogen-bond donors (Lipinski definition) is 1. The molecule has 0 aliphatic rings. The number of furan rings is 1. The smallest absolute Gasteiger partial charge is 0.253 e. The summed E-state index contributed by atoms with van der Waals surface area (Å²) >= 11 is 6.65. The van der Waals surface area contributed by atoms with E-state index in [1.807, 2.05) is 73.8 Å². The van der Waals surface area contributed by atoms with E-state index in [1.165, 1.54) is 0 Å². The van der Waals surface area contributed by atoms with E-state index < -0.39 is 6.04 Å². The third-order valence-electron chi connectivity index (χ3n) is 7.28. The Bertz CT molecular complexity index is 1850. The Morgan fingerprint density at radius 1 is 1.02 bits per heavy atom. The van der Waals surface area contributed by atoms with Crippen LogP contribution in [0.4, 0.5) is 0 Å². The highest BCUT2D eigenvalue weighted by atomic mass is 35.5. The Morgan fingerprint density at radius 3 is 2.66 bits per heavy atom. The molecule has 6 aromatic rings. The summed E-state index contributed by atoms with van der Waals surface area (Å²) < 4.78 is 7.27. The molecule has 0 amide bonds. The Hall–Kier alpha value is -4.60. The first kappa shape index (κ1) is 26.6. The van der Waals surface area contributed by atoms with Gasteiger partial charge in [0.05, 0.1) is 6.26 Å². The normalized spacial score (nSPS) is 12.3. The highest BCUT2D eigenvalue weighted by Crippen LogP contribution is 2.32. The molecule has 9 nitrogen and oxygen atoms in total. The number of tetrazole rings is 1. The van der Waals surface area contributed by atoms with Crippen molar-refractivity contribution >= 4 is 22.5 Å². The van der Waals surface area contributed by atoms with Gasteiger partial charge in [0, 0.05) is 41.6 Å². The molecule has 1 atom stereocenters. The zero-order chi connectivity index (χ0) is 28.3. The molecule has 0 radical (unpaired) electrons. The van der Waals surface area contributed by atoms with Crippen LogP contribution in [0.5, 0.6) is 0 Å².